The average molecular weight is 491 g/mol. The number of esters is 1. The van der Waals surface area contributed by atoms with E-state index in [4.69, 9.17) is 4.74 Å². The molecule has 0 aromatic heterocycles. The smallest absolute Gasteiger partial charge is 0.311 e. The van der Waals surface area contributed by atoms with E-state index >= 15 is 0 Å². The fraction of sp³-hybridized carbons (Fsp3) is 0.731. The van der Waals surface area contributed by atoms with Crippen LogP contribution in [0.25, 0.3) is 0 Å². The first-order chi connectivity index (χ1) is 15.9. The molecule has 4 heterocycles. The fourth-order valence-corrected chi connectivity index (χ4v) is 8.29. The number of aliphatic hydroxyl groups excluding tert-OH is 1. The molecule has 2 fully saturated rings. The summed E-state index contributed by atoms with van der Waals surface area (Å²) in [6.07, 6.45) is 9.65. The number of hydrogen-bond donors (Lipinski definition) is 1. The average Bonchev–Trinajstić information content (AvgIpc) is 3.07. The Bertz CT molecular complexity index is 925. The van der Waals surface area contributed by atoms with Gasteiger partial charge in [-0.25, -0.2) is 0 Å². The van der Waals surface area contributed by atoms with Crippen LogP contribution in [0.3, 0.4) is 0 Å². The van der Waals surface area contributed by atoms with E-state index in [1.54, 1.807) is 16.7 Å². The number of likely N-dealkylation sites (tertiary alicyclic amines) is 1. The van der Waals surface area contributed by atoms with Gasteiger partial charge in [0.05, 0.1) is 35.8 Å². The molecule has 1 unspecified atom stereocenters. The summed E-state index contributed by atoms with van der Waals surface area (Å²) >= 11 is 1.55. The number of allylic oxidation sites excluding steroid dienone is 1. The number of rotatable bonds is 3. The monoisotopic (exact) mass is 490 g/mol. The maximum atomic E-state index is 14.3. The summed E-state index contributed by atoms with van der Waals surface area (Å²) in [6, 6.07) is -1.33. The van der Waals surface area contributed by atoms with Crippen LogP contribution < -0.4 is 0 Å². The lowest BCUT2D eigenvalue weighted by Gasteiger charge is -2.43. The van der Waals surface area contributed by atoms with Crippen molar-refractivity contribution < 1.29 is 24.2 Å². The van der Waals surface area contributed by atoms with E-state index in [-0.39, 0.29) is 30.3 Å². The Morgan fingerprint density at radius 2 is 1.85 bits per heavy atom. The molecule has 8 heteroatoms. The van der Waals surface area contributed by atoms with E-state index < -0.39 is 39.0 Å². The van der Waals surface area contributed by atoms with Crippen molar-refractivity contribution in [3.63, 3.8) is 0 Å². The van der Waals surface area contributed by atoms with Crippen LogP contribution in [-0.2, 0) is 19.1 Å². The van der Waals surface area contributed by atoms with E-state index in [2.05, 4.69) is 6.08 Å². The number of carbonyl (C=O) groups excluding carboxylic acids is 3. The highest BCUT2D eigenvalue weighted by Crippen LogP contribution is 2.65. The van der Waals surface area contributed by atoms with Crippen molar-refractivity contribution in [2.24, 2.45) is 17.8 Å². The molecule has 6 atom stereocenters. The van der Waals surface area contributed by atoms with Gasteiger partial charge in [0.2, 0.25) is 11.8 Å². The standard InChI is InChI=1S/C26H38N2O5S/c1-16(2)17(15-29)28-20-22(31)27(24(3,4)5)13-10-12-26(20)18(21(28)30)19-23(32)33-14-9-7-8-11-25(19,6)34-26/h8,10-12,16-20,29H,7,9,13-15H2,1-6H3/b11-8-/t17-,18-,19+,20?,25-,26-/m0/s1. The van der Waals surface area contributed by atoms with E-state index in [1.807, 2.05) is 64.7 Å². The first kappa shape index (κ1) is 25.3. The number of ether oxygens (including phenoxy) is 1. The molecule has 34 heavy (non-hydrogen) atoms. The van der Waals surface area contributed by atoms with Crippen LogP contribution in [0.15, 0.2) is 24.3 Å². The minimum Gasteiger partial charge on any atom is -0.465 e. The second kappa shape index (κ2) is 8.70. The van der Waals surface area contributed by atoms with Gasteiger partial charge in [-0.3, -0.25) is 14.4 Å². The predicted octanol–water partition coefficient (Wildman–Crippen LogP) is 2.78. The van der Waals surface area contributed by atoms with Gasteiger partial charge in [-0.1, -0.05) is 38.2 Å². The molecule has 0 bridgehead atoms. The normalized spacial score (nSPS) is 37.9. The molecular weight excluding hydrogens is 452 g/mol. The molecule has 4 aliphatic rings. The Kier molecular flexibility index (Phi) is 6.47. The number of thioether (sulfide) groups is 1. The third kappa shape index (κ3) is 3.72. The summed E-state index contributed by atoms with van der Waals surface area (Å²) in [5.41, 5.74) is -0.446. The fourth-order valence-electron chi connectivity index (χ4n) is 6.15. The van der Waals surface area contributed by atoms with Crippen molar-refractivity contribution >= 4 is 29.5 Å². The number of aliphatic hydroxyl groups is 1. The van der Waals surface area contributed by atoms with Gasteiger partial charge in [0, 0.05) is 16.8 Å². The molecule has 4 rings (SSSR count). The predicted molar refractivity (Wildman–Crippen MR) is 132 cm³/mol. The first-order valence-corrected chi connectivity index (χ1v) is 13.2. The van der Waals surface area contributed by atoms with E-state index in [1.165, 1.54) is 0 Å². The Balaban J connectivity index is 1.93. The number of carbonyl (C=O) groups is 3. The summed E-state index contributed by atoms with van der Waals surface area (Å²) in [5.74, 6) is -2.26. The van der Waals surface area contributed by atoms with E-state index in [9.17, 15) is 19.5 Å². The lowest BCUT2D eigenvalue weighted by atomic mass is 9.74. The summed E-state index contributed by atoms with van der Waals surface area (Å²) < 4.78 is 4.05. The largest absolute Gasteiger partial charge is 0.465 e. The highest BCUT2D eigenvalue weighted by molar-refractivity contribution is 8.02. The third-order valence-electron chi connectivity index (χ3n) is 7.81. The number of cyclic esters (lactones) is 1. The molecule has 0 aliphatic carbocycles. The van der Waals surface area contributed by atoms with Crippen LogP contribution in [0.2, 0.25) is 0 Å². The van der Waals surface area contributed by atoms with Gasteiger partial charge in [-0.05, 0) is 46.5 Å². The second-order valence-electron chi connectivity index (χ2n) is 11.5. The maximum absolute atomic E-state index is 14.3. The second-order valence-corrected chi connectivity index (χ2v) is 13.3. The van der Waals surface area contributed by atoms with Crippen LogP contribution >= 0.6 is 11.8 Å². The van der Waals surface area contributed by atoms with Crippen molar-refractivity contribution in [2.45, 2.75) is 81.5 Å². The number of amides is 2. The third-order valence-corrected chi connectivity index (χ3v) is 9.61. The van der Waals surface area contributed by atoms with E-state index in [0.717, 1.165) is 12.8 Å². The topological polar surface area (TPSA) is 87.2 Å². The molecule has 7 nitrogen and oxygen atoms in total. The first-order valence-electron chi connectivity index (χ1n) is 12.4. The minimum absolute atomic E-state index is 0.0586. The molecule has 0 radical (unpaired) electrons. The number of fused-ring (bicyclic) bond motifs is 2. The molecule has 1 spiro atoms. The molecular formula is C26H38N2O5S. The highest BCUT2D eigenvalue weighted by atomic mass is 32.2. The Morgan fingerprint density at radius 1 is 1.15 bits per heavy atom. The van der Waals surface area contributed by atoms with Crippen molar-refractivity contribution in [1.29, 1.82) is 0 Å². The molecule has 2 saturated heterocycles. The quantitative estimate of drug-likeness (QED) is 0.484. The SMILES string of the molecule is CC(C)[C@H](CO)N1C(=O)[C@@H]2[C@@H]3C(=O)OCCC/C=C\[C@]3(C)S[C@@]23C=CCN(C(C)(C)C)C(=O)C13. The van der Waals surface area contributed by atoms with Gasteiger partial charge < -0.3 is 19.6 Å². The summed E-state index contributed by atoms with van der Waals surface area (Å²) in [4.78, 5) is 45.4. The number of nitrogens with zero attached hydrogens (tertiary/aromatic N) is 2. The van der Waals surface area contributed by atoms with Crippen LogP contribution in [0.1, 0.15) is 54.4 Å². The van der Waals surface area contributed by atoms with Gasteiger partial charge in [0.15, 0.2) is 0 Å². The highest BCUT2D eigenvalue weighted by Gasteiger charge is 2.74. The van der Waals surface area contributed by atoms with Gasteiger partial charge in [-0.15, -0.1) is 11.8 Å². The molecule has 0 aromatic rings. The maximum Gasteiger partial charge on any atom is 0.311 e. The molecule has 2 amide bonds. The summed E-state index contributed by atoms with van der Waals surface area (Å²) in [5, 5.41) is 10.3. The van der Waals surface area contributed by atoms with Crippen LogP contribution in [0.5, 0.6) is 0 Å². The van der Waals surface area contributed by atoms with E-state index in [0.29, 0.717) is 13.2 Å². The summed E-state index contributed by atoms with van der Waals surface area (Å²) in [7, 11) is 0. The summed E-state index contributed by atoms with van der Waals surface area (Å²) in [6.45, 7) is 12.4. The van der Waals surface area contributed by atoms with Crippen molar-refractivity contribution in [3.05, 3.63) is 24.3 Å². The van der Waals surface area contributed by atoms with Crippen LogP contribution in [0.4, 0.5) is 0 Å². The minimum atomic E-state index is -0.918. The molecule has 0 saturated carbocycles. The Morgan fingerprint density at radius 3 is 2.47 bits per heavy atom. The van der Waals surface area contributed by atoms with Gasteiger partial charge in [-0.2, -0.15) is 0 Å². The Hall–Kier alpha value is -1.80. The zero-order chi connectivity index (χ0) is 25.1. The van der Waals surface area contributed by atoms with Crippen LogP contribution in [0, 0.1) is 17.8 Å². The van der Waals surface area contributed by atoms with Gasteiger partial charge in [0.25, 0.3) is 0 Å². The van der Waals surface area contributed by atoms with Crippen molar-refractivity contribution in [1.82, 2.24) is 9.80 Å². The Labute approximate surface area is 206 Å². The number of hydrogen-bond acceptors (Lipinski definition) is 6. The van der Waals surface area contributed by atoms with Crippen molar-refractivity contribution in [2.75, 3.05) is 19.8 Å². The zero-order valence-corrected chi connectivity index (χ0v) is 21.9. The molecule has 0 aromatic carbocycles. The molecule has 188 valence electrons. The molecule has 1 N–H and O–H groups in total. The lowest BCUT2D eigenvalue weighted by molar-refractivity contribution is -0.155. The zero-order valence-electron chi connectivity index (χ0n) is 21.1. The molecule has 4 aliphatic heterocycles. The van der Waals surface area contributed by atoms with Crippen LogP contribution in [-0.4, -0.2) is 79.6 Å². The van der Waals surface area contributed by atoms with Crippen molar-refractivity contribution in [3.8, 4) is 0 Å². The van der Waals surface area contributed by atoms with Gasteiger partial charge in [0.1, 0.15) is 6.04 Å². The lowest BCUT2D eigenvalue weighted by Crippen LogP contribution is -2.60. The van der Waals surface area contributed by atoms with Gasteiger partial charge >= 0.3 is 5.97 Å².